The van der Waals surface area contributed by atoms with Crippen LogP contribution in [0.25, 0.3) is 0 Å². The zero-order valence-electron chi connectivity index (χ0n) is 13.3. The van der Waals surface area contributed by atoms with Crippen molar-refractivity contribution in [3.63, 3.8) is 0 Å². The molecular weight excluding hydrogens is 282 g/mol. The van der Waals surface area contributed by atoms with Crippen LogP contribution >= 0.6 is 0 Å². The highest BCUT2D eigenvalue weighted by molar-refractivity contribution is 5.90. The fraction of sp³-hybridized carbons (Fsp3) is 0.471. The molecule has 118 valence electrons. The number of Topliss-reactive ketones (excluding diaryl/α,β-unsaturated/α-hetero) is 1. The molecule has 0 aliphatic heterocycles. The lowest BCUT2D eigenvalue weighted by Crippen LogP contribution is -2.32. The van der Waals surface area contributed by atoms with Gasteiger partial charge >= 0.3 is 5.97 Å². The molecule has 1 unspecified atom stereocenters. The molecular formula is C17H21NO4. The van der Waals surface area contributed by atoms with Crippen LogP contribution in [-0.4, -0.2) is 36.7 Å². The Balaban J connectivity index is 2.33. The number of carbonyl (C=O) groups excluding carboxylic acids is 2. The zero-order valence-corrected chi connectivity index (χ0v) is 13.3. The van der Waals surface area contributed by atoms with Crippen molar-refractivity contribution in [2.45, 2.75) is 45.3 Å². The molecule has 0 spiro atoms. The summed E-state index contributed by atoms with van der Waals surface area (Å²) >= 11 is 0. The number of rotatable bonds is 4. The molecule has 0 N–H and O–H groups in total. The van der Waals surface area contributed by atoms with Crippen molar-refractivity contribution in [3.05, 3.63) is 29.8 Å². The highest BCUT2D eigenvalue weighted by Crippen LogP contribution is 2.37. The van der Waals surface area contributed by atoms with E-state index in [1.165, 1.54) is 6.92 Å². The van der Waals surface area contributed by atoms with Crippen LogP contribution in [0, 0.1) is 0 Å². The molecule has 0 saturated heterocycles. The highest BCUT2D eigenvalue weighted by atomic mass is 16.5. The van der Waals surface area contributed by atoms with Crippen molar-refractivity contribution in [1.29, 1.82) is 0 Å². The molecule has 22 heavy (non-hydrogen) atoms. The topological polar surface area (TPSA) is 65.0 Å². The predicted molar refractivity (Wildman–Crippen MR) is 83.5 cm³/mol. The van der Waals surface area contributed by atoms with Gasteiger partial charge < -0.3 is 9.47 Å². The average Bonchev–Trinajstić information content (AvgIpc) is 2.75. The zero-order chi connectivity index (χ0) is 16.3. The Morgan fingerprint density at radius 1 is 1.18 bits per heavy atom. The molecule has 1 saturated carbocycles. The Morgan fingerprint density at radius 2 is 1.82 bits per heavy atom. The SMILES string of the molecule is COc1ccc(C2CC(=O)[C@H](OC(C)=O)[C@@H]2N=C(C)C)cc1. The van der Waals surface area contributed by atoms with Gasteiger partial charge in [0.1, 0.15) is 11.8 Å². The third kappa shape index (κ3) is 3.53. The number of ketones is 1. The Kier molecular flexibility index (Phi) is 4.96. The van der Waals surface area contributed by atoms with Gasteiger partial charge in [-0.05, 0) is 31.5 Å². The van der Waals surface area contributed by atoms with E-state index < -0.39 is 12.1 Å². The molecule has 1 aliphatic carbocycles. The minimum atomic E-state index is -0.792. The maximum atomic E-state index is 12.2. The number of carbonyl (C=O) groups is 2. The van der Waals surface area contributed by atoms with Crippen molar-refractivity contribution in [2.24, 2.45) is 4.99 Å². The van der Waals surface area contributed by atoms with Gasteiger partial charge in [-0.1, -0.05) is 12.1 Å². The van der Waals surface area contributed by atoms with Crippen molar-refractivity contribution in [1.82, 2.24) is 0 Å². The predicted octanol–water partition coefficient (Wildman–Crippen LogP) is 2.53. The molecule has 5 nitrogen and oxygen atoms in total. The first kappa shape index (κ1) is 16.2. The number of hydrogen-bond acceptors (Lipinski definition) is 5. The van der Waals surface area contributed by atoms with E-state index in [0.717, 1.165) is 17.0 Å². The third-order valence-electron chi connectivity index (χ3n) is 3.71. The summed E-state index contributed by atoms with van der Waals surface area (Å²) in [7, 11) is 1.61. The number of esters is 1. The molecule has 0 aromatic heterocycles. The Bertz CT molecular complexity index is 587. The molecule has 0 bridgehead atoms. The molecule has 5 heteroatoms. The van der Waals surface area contributed by atoms with E-state index in [4.69, 9.17) is 9.47 Å². The molecule has 3 atom stereocenters. The van der Waals surface area contributed by atoms with E-state index in [2.05, 4.69) is 4.99 Å². The maximum Gasteiger partial charge on any atom is 0.303 e. The summed E-state index contributed by atoms with van der Waals surface area (Å²) in [5.41, 5.74) is 1.86. The lowest BCUT2D eigenvalue weighted by atomic mass is 9.93. The Morgan fingerprint density at radius 3 is 2.32 bits per heavy atom. The first-order chi connectivity index (χ1) is 10.4. The molecule has 1 fully saturated rings. The van der Waals surface area contributed by atoms with E-state index in [0.29, 0.717) is 6.42 Å². The van der Waals surface area contributed by atoms with Crippen LogP contribution in [0.4, 0.5) is 0 Å². The number of aliphatic imine (C=N–C) groups is 1. The van der Waals surface area contributed by atoms with Gasteiger partial charge in [-0.15, -0.1) is 0 Å². The number of hydrogen-bond donors (Lipinski definition) is 0. The molecule has 1 aromatic carbocycles. The summed E-state index contributed by atoms with van der Waals surface area (Å²) in [6.07, 6.45) is -0.467. The second kappa shape index (κ2) is 6.73. The van der Waals surface area contributed by atoms with Crippen LogP contribution in [0.2, 0.25) is 0 Å². The Labute approximate surface area is 130 Å². The number of benzene rings is 1. The van der Waals surface area contributed by atoms with E-state index in [-0.39, 0.29) is 17.7 Å². The van der Waals surface area contributed by atoms with Crippen molar-refractivity contribution in [3.8, 4) is 5.75 Å². The van der Waals surface area contributed by atoms with Crippen LogP contribution in [0.15, 0.2) is 29.3 Å². The molecule has 0 heterocycles. The van der Waals surface area contributed by atoms with E-state index in [9.17, 15) is 9.59 Å². The van der Waals surface area contributed by atoms with Gasteiger partial charge in [-0.3, -0.25) is 14.6 Å². The maximum absolute atomic E-state index is 12.2. The monoisotopic (exact) mass is 303 g/mol. The summed E-state index contributed by atoms with van der Waals surface area (Å²) in [6, 6.07) is 7.22. The minimum Gasteiger partial charge on any atom is -0.497 e. The molecule has 0 amide bonds. The summed E-state index contributed by atoms with van der Waals surface area (Å²) < 4.78 is 10.4. The van der Waals surface area contributed by atoms with E-state index in [1.807, 2.05) is 38.1 Å². The second-order valence-corrected chi connectivity index (χ2v) is 5.65. The molecule has 2 rings (SSSR count). The van der Waals surface area contributed by atoms with Gasteiger partial charge in [-0.2, -0.15) is 0 Å². The summed E-state index contributed by atoms with van der Waals surface area (Å²) in [6.45, 7) is 5.06. The van der Waals surface area contributed by atoms with E-state index in [1.54, 1.807) is 7.11 Å². The number of nitrogens with zero attached hydrogens (tertiary/aromatic N) is 1. The minimum absolute atomic E-state index is 0.0778. The summed E-state index contributed by atoms with van der Waals surface area (Å²) in [5, 5.41) is 0. The van der Waals surface area contributed by atoms with Crippen molar-refractivity contribution >= 4 is 17.5 Å². The third-order valence-corrected chi connectivity index (χ3v) is 3.71. The first-order valence-electron chi connectivity index (χ1n) is 7.27. The van der Waals surface area contributed by atoms with Crippen LogP contribution in [-0.2, 0) is 14.3 Å². The average molecular weight is 303 g/mol. The van der Waals surface area contributed by atoms with Crippen molar-refractivity contribution < 1.29 is 19.1 Å². The fourth-order valence-corrected chi connectivity index (χ4v) is 2.79. The smallest absolute Gasteiger partial charge is 0.303 e. The molecule has 1 aromatic rings. The largest absolute Gasteiger partial charge is 0.497 e. The summed E-state index contributed by atoms with van der Waals surface area (Å²) in [4.78, 5) is 28.1. The van der Waals surface area contributed by atoms with Gasteiger partial charge in [0.15, 0.2) is 11.9 Å². The highest BCUT2D eigenvalue weighted by Gasteiger charge is 2.45. The van der Waals surface area contributed by atoms with Gasteiger partial charge in [0, 0.05) is 25.0 Å². The Hall–Kier alpha value is -2.17. The van der Waals surface area contributed by atoms with Crippen LogP contribution < -0.4 is 4.74 Å². The summed E-state index contributed by atoms with van der Waals surface area (Å²) in [5.74, 6) is 0.141. The van der Waals surface area contributed by atoms with Crippen LogP contribution in [0.5, 0.6) is 5.75 Å². The second-order valence-electron chi connectivity index (χ2n) is 5.65. The number of ether oxygens (including phenoxy) is 2. The van der Waals surface area contributed by atoms with E-state index >= 15 is 0 Å². The normalized spacial score (nSPS) is 24.0. The van der Waals surface area contributed by atoms with Gasteiger partial charge in [0.05, 0.1) is 7.11 Å². The fourth-order valence-electron chi connectivity index (χ4n) is 2.79. The van der Waals surface area contributed by atoms with Crippen LogP contribution in [0.3, 0.4) is 0 Å². The molecule has 0 radical (unpaired) electrons. The quantitative estimate of drug-likeness (QED) is 0.633. The first-order valence-corrected chi connectivity index (χ1v) is 7.27. The standard InChI is InChI=1S/C17H21NO4/c1-10(2)18-16-14(9-15(20)17(16)22-11(3)19)12-5-7-13(21-4)8-6-12/h5-8,14,16-17H,9H2,1-4H3/t14?,16-,17+/m1/s1. The lowest BCUT2D eigenvalue weighted by Gasteiger charge is -2.21. The molecule has 1 aliphatic rings. The van der Waals surface area contributed by atoms with Crippen LogP contribution in [0.1, 0.15) is 38.7 Å². The number of methoxy groups -OCH3 is 1. The lowest BCUT2D eigenvalue weighted by molar-refractivity contribution is -0.151. The van der Waals surface area contributed by atoms with Gasteiger partial charge in [0.25, 0.3) is 0 Å². The van der Waals surface area contributed by atoms with Crippen molar-refractivity contribution in [2.75, 3.05) is 7.11 Å². The van der Waals surface area contributed by atoms with Gasteiger partial charge in [-0.25, -0.2) is 0 Å². The van der Waals surface area contributed by atoms with Gasteiger partial charge in [0.2, 0.25) is 0 Å².